The second kappa shape index (κ2) is 8.12. The third-order valence-electron chi connectivity index (χ3n) is 2.67. The van der Waals surface area contributed by atoms with Crippen LogP contribution in [0.3, 0.4) is 0 Å². The second-order valence-electron chi connectivity index (χ2n) is 4.09. The fraction of sp³-hybridized carbons (Fsp3) is 0.538. The number of nitrogens with one attached hydrogen (secondary N) is 1. The quantitative estimate of drug-likeness (QED) is 0.596. The van der Waals surface area contributed by atoms with Crippen molar-refractivity contribution in [2.75, 3.05) is 18.6 Å². The molecule has 5 heteroatoms. The Bertz CT molecular complexity index is 387. The van der Waals surface area contributed by atoms with Gasteiger partial charge >= 0.3 is 0 Å². The maximum absolute atomic E-state index is 13.8. The highest BCUT2D eigenvalue weighted by atomic mass is 79.9. The van der Waals surface area contributed by atoms with Crippen LogP contribution in [0.1, 0.15) is 18.9 Å². The molecule has 0 saturated heterocycles. The van der Waals surface area contributed by atoms with Crippen molar-refractivity contribution in [3.63, 3.8) is 0 Å². The molecule has 18 heavy (non-hydrogen) atoms. The largest absolute Gasteiger partial charge is 0.316 e. The minimum Gasteiger partial charge on any atom is -0.316 e. The Kier molecular flexibility index (Phi) is 7.19. The van der Waals surface area contributed by atoms with Crippen LogP contribution in [0.2, 0.25) is 0 Å². The van der Waals surface area contributed by atoms with E-state index in [1.165, 1.54) is 12.1 Å². The van der Waals surface area contributed by atoms with Gasteiger partial charge in [0.2, 0.25) is 0 Å². The van der Waals surface area contributed by atoms with E-state index in [2.05, 4.69) is 28.2 Å². The van der Waals surface area contributed by atoms with Crippen LogP contribution in [0.25, 0.3) is 0 Å². The van der Waals surface area contributed by atoms with Crippen molar-refractivity contribution in [1.82, 2.24) is 5.32 Å². The first-order valence-corrected chi connectivity index (χ1v) is 7.92. The first-order chi connectivity index (χ1) is 8.60. The molecule has 0 bridgehead atoms. The number of rotatable bonds is 7. The topological polar surface area (TPSA) is 12.0 Å². The van der Waals surface area contributed by atoms with Crippen LogP contribution in [0.15, 0.2) is 16.6 Å². The summed E-state index contributed by atoms with van der Waals surface area (Å²) in [7, 11) is 1.82. The average molecular weight is 338 g/mol. The van der Waals surface area contributed by atoms with Gasteiger partial charge in [0.05, 0.1) is 4.47 Å². The lowest BCUT2D eigenvalue weighted by Crippen LogP contribution is -2.31. The molecule has 0 spiro atoms. The van der Waals surface area contributed by atoms with E-state index in [1.807, 2.05) is 7.05 Å². The van der Waals surface area contributed by atoms with Crippen LogP contribution >= 0.6 is 27.7 Å². The fourth-order valence-electron chi connectivity index (χ4n) is 1.62. The summed E-state index contributed by atoms with van der Waals surface area (Å²) in [5, 5.41) is 3.11. The molecule has 0 aromatic heterocycles. The number of benzene rings is 1. The number of thioether (sulfide) groups is 1. The molecule has 0 aliphatic carbocycles. The average Bonchev–Trinajstić information content (AvgIpc) is 2.37. The Balaban J connectivity index is 2.72. The molecular weight excluding hydrogens is 320 g/mol. The van der Waals surface area contributed by atoms with Gasteiger partial charge in [0.1, 0.15) is 11.6 Å². The molecule has 1 unspecified atom stereocenters. The molecule has 0 amide bonds. The molecule has 0 heterocycles. The predicted octanol–water partition coefficient (Wildman–Crippen LogP) is 4.00. The van der Waals surface area contributed by atoms with E-state index in [1.54, 1.807) is 11.8 Å². The highest BCUT2D eigenvalue weighted by Gasteiger charge is 2.16. The van der Waals surface area contributed by atoms with Gasteiger partial charge in [-0.25, -0.2) is 8.78 Å². The van der Waals surface area contributed by atoms with Crippen LogP contribution in [0, 0.1) is 11.6 Å². The van der Waals surface area contributed by atoms with Gasteiger partial charge in [-0.1, -0.05) is 6.92 Å². The summed E-state index contributed by atoms with van der Waals surface area (Å²) in [5.74, 6) is 0.962. The van der Waals surface area contributed by atoms with E-state index < -0.39 is 11.6 Å². The fourth-order valence-corrected chi connectivity index (χ4v) is 3.01. The minimum absolute atomic E-state index is 0.0832. The maximum atomic E-state index is 13.8. The van der Waals surface area contributed by atoms with E-state index in [4.69, 9.17) is 0 Å². The normalized spacial score (nSPS) is 12.7. The molecule has 0 radical (unpaired) electrons. The first kappa shape index (κ1) is 15.9. The summed E-state index contributed by atoms with van der Waals surface area (Å²) in [6.07, 6.45) is 1.48. The van der Waals surface area contributed by atoms with Crippen molar-refractivity contribution in [3.8, 4) is 0 Å². The van der Waals surface area contributed by atoms with Crippen LogP contribution in [0.4, 0.5) is 8.78 Å². The predicted molar refractivity (Wildman–Crippen MR) is 78.2 cm³/mol. The van der Waals surface area contributed by atoms with Gasteiger partial charge in [0.25, 0.3) is 0 Å². The number of hydrogen-bond donors (Lipinski definition) is 1. The van der Waals surface area contributed by atoms with Gasteiger partial charge in [-0.3, -0.25) is 0 Å². The van der Waals surface area contributed by atoms with Gasteiger partial charge in [-0.2, -0.15) is 11.8 Å². The maximum Gasteiger partial charge on any atom is 0.143 e. The second-order valence-corrected chi connectivity index (χ2v) is 6.09. The molecule has 0 fully saturated rings. The number of halogens is 3. The van der Waals surface area contributed by atoms with Crippen LogP contribution in [-0.4, -0.2) is 24.6 Å². The highest BCUT2D eigenvalue weighted by molar-refractivity contribution is 9.10. The van der Waals surface area contributed by atoms with E-state index in [0.29, 0.717) is 10.9 Å². The zero-order valence-corrected chi connectivity index (χ0v) is 13.0. The molecule has 1 rings (SSSR count). The Morgan fingerprint density at radius 1 is 1.39 bits per heavy atom. The first-order valence-electron chi connectivity index (χ1n) is 5.97. The standard InChI is InChI=1S/C13H18BrF2NS/c1-3-6-18-8-9(17-2)7-10-12(15)5-4-11(14)13(10)16/h4-5,9,17H,3,6-8H2,1-2H3. The summed E-state index contributed by atoms with van der Waals surface area (Å²) < 4.78 is 27.8. The van der Waals surface area contributed by atoms with Crippen LogP contribution in [-0.2, 0) is 6.42 Å². The Morgan fingerprint density at radius 3 is 2.72 bits per heavy atom. The van der Waals surface area contributed by atoms with Crippen molar-refractivity contribution in [2.24, 2.45) is 0 Å². The number of hydrogen-bond acceptors (Lipinski definition) is 2. The Hall–Kier alpha value is -0.130. The molecule has 1 aromatic rings. The molecule has 0 aliphatic heterocycles. The molecule has 1 nitrogen and oxygen atoms in total. The van der Waals surface area contributed by atoms with Gasteiger partial charge in [0.15, 0.2) is 0 Å². The zero-order valence-electron chi connectivity index (χ0n) is 10.6. The SMILES string of the molecule is CCCSCC(Cc1c(F)ccc(Br)c1F)NC. The third kappa shape index (κ3) is 4.52. The lowest BCUT2D eigenvalue weighted by atomic mass is 10.1. The summed E-state index contributed by atoms with van der Waals surface area (Å²) >= 11 is 4.89. The molecular formula is C13H18BrF2NS. The highest BCUT2D eigenvalue weighted by Crippen LogP contribution is 2.23. The summed E-state index contributed by atoms with van der Waals surface area (Å²) in [4.78, 5) is 0. The van der Waals surface area contributed by atoms with Gasteiger partial charge < -0.3 is 5.32 Å². The summed E-state index contributed by atoms with van der Waals surface area (Å²) in [5.41, 5.74) is 0.154. The van der Waals surface area contributed by atoms with Crippen molar-refractivity contribution >= 4 is 27.7 Å². The lowest BCUT2D eigenvalue weighted by molar-refractivity contribution is 0.521. The molecule has 1 aromatic carbocycles. The van der Waals surface area contributed by atoms with E-state index in [-0.39, 0.29) is 11.6 Å². The molecule has 0 saturated carbocycles. The Morgan fingerprint density at radius 2 is 2.11 bits per heavy atom. The molecule has 102 valence electrons. The van der Waals surface area contributed by atoms with Gasteiger partial charge in [0, 0.05) is 17.4 Å². The molecule has 0 aliphatic rings. The lowest BCUT2D eigenvalue weighted by Gasteiger charge is -2.17. The van der Waals surface area contributed by atoms with Crippen molar-refractivity contribution < 1.29 is 8.78 Å². The zero-order chi connectivity index (χ0) is 13.5. The summed E-state index contributed by atoms with van der Waals surface area (Å²) in [6.45, 7) is 2.12. The monoisotopic (exact) mass is 337 g/mol. The van der Waals surface area contributed by atoms with E-state index in [0.717, 1.165) is 17.9 Å². The minimum atomic E-state index is -0.490. The van der Waals surface area contributed by atoms with Crippen molar-refractivity contribution in [2.45, 2.75) is 25.8 Å². The van der Waals surface area contributed by atoms with Crippen molar-refractivity contribution in [3.05, 3.63) is 33.8 Å². The third-order valence-corrected chi connectivity index (χ3v) is 4.61. The Labute approximate surface area is 120 Å². The van der Waals surface area contributed by atoms with Crippen LogP contribution < -0.4 is 5.32 Å². The van der Waals surface area contributed by atoms with Gasteiger partial charge in [-0.05, 0) is 53.7 Å². The molecule has 1 atom stereocenters. The van der Waals surface area contributed by atoms with E-state index >= 15 is 0 Å². The van der Waals surface area contributed by atoms with Crippen LogP contribution in [0.5, 0.6) is 0 Å². The van der Waals surface area contributed by atoms with E-state index in [9.17, 15) is 8.78 Å². The van der Waals surface area contributed by atoms with Gasteiger partial charge in [-0.15, -0.1) is 0 Å². The van der Waals surface area contributed by atoms with Crippen molar-refractivity contribution in [1.29, 1.82) is 0 Å². The smallest absolute Gasteiger partial charge is 0.143 e. The molecule has 1 N–H and O–H groups in total. The number of likely N-dealkylation sites (N-methyl/N-ethyl adjacent to an activating group) is 1. The summed E-state index contributed by atoms with van der Waals surface area (Å²) in [6, 6.07) is 2.78.